The van der Waals surface area contributed by atoms with Crippen LogP contribution in [0.25, 0.3) is 0 Å². The Morgan fingerprint density at radius 3 is 1.32 bits per heavy atom. The normalized spacial score (nSPS) is 14.7. The third-order valence-corrected chi connectivity index (χ3v) is 2.29. The molecule has 0 saturated carbocycles. The zero-order valence-electron chi connectivity index (χ0n) is 9.95. The topological polar surface area (TPSA) is 63.6 Å². The van der Waals surface area contributed by atoms with Crippen LogP contribution in [0.4, 0.5) is 43.9 Å². The molecule has 0 rings (SSSR count). The van der Waals surface area contributed by atoms with E-state index in [1.165, 1.54) is 0 Å². The summed E-state index contributed by atoms with van der Waals surface area (Å²) in [6.45, 7) is 0. The zero-order chi connectivity index (χ0) is 18.4. The largest absolute Gasteiger partial charge is 0.477 e. The number of methoxy groups -OCH3 is 1. The number of carbonyl (C=O) groups is 2. The molecule has 0 heterocycles. The van der Waals surface area contributed by atoms with Crippen LogP contribution in [0, 0.1) is 0 Å². The van der Waals surface area contributed by atoms with Crippen LogP contribution in [0.15, 0.2) is 0 Å². The van der Waals surface area contributed by atoms with Gasteiger partial charge in [0.05, 0.1) is 7.11 Å². The molecule has 1 N–H and O–H groups in total. The third-order valence-electron chi connectivity index (χ3n) is 2.29. The van der Waals surface area contributed by atoms with Crippen molar-refractivity contribution in [2.24, 2.45) is 0 Å². The maximum absolute atomic E-state index is 12.9. The highest BCUT2D eigenvalue weighted by atomic mass is 19.4. The molecule has 22 heavy (non-hydrogen) atoms. The maximum atomic E-state index is 12.9. The molecule has 130 valence electrons. The fraction of sp³-hybridized carbons (Fsp3) is 0.750. The molecule has 14 heteroatoms. The van der Waals surface area contributed by atoms with Gasteiger partial charge in [0.15, 0.2) is 0 Å². The van der Waals surface area contributed by atoms with Gasteiger partial charge in [0, 0.05) is 0 Å². The van der Waals surface area contributed by atoms with E-state index in [2.05, 4.69) is 4.74 Å². The highest BCUT2D eigenvalue weighted by Crippen LogP contribution is 2.57. The summed E-state index contributed by atoms with van der Waals surface area (Å²) in [5.41, 5.74) is 0. The minimum absolute atomic E-state index is 0.00549. The van der Waals surface area contributed by atoms with Crippen molar-refractivity contribution in [3.05, 3.63) is 0 Å². The Morgan fingerprint density at radius 2 is 1.05 bits per heavy atom. The molecule has 4 nitrogen and oxygen atoms in total. The second kappa shape index (κ2) is 5.15. The number of ether oxygens (including phenoxy) is 1. The number of alkyl halides is 10. The summed E-state index contributed by atoms with van der Waals surface area (Å²) < 4.78 is 131. The van der Waals surface area contributed by atoms with E-state index in [1.807, 2.05) is 0 Å². The van der Waals surface area contributed by atoms with Crippen molar-refractivity contribution in [2.45, 2.75) is 29.6 Å². The van der Waals surface area contributed by atoms with Crippen molar-refractivity contribution in [1.29, 1.82) is 0 Å². The van der Waals surface area contributed by atoms with Crippen LogP contribution in [0.5, 0.6) is 0 Å². The van der Waals surface area contributed by atoms with Gasteiger partial charge in [-0.05, 0) is 0 Å². The van der Waals surface area contributed by atoms with Crippen LogP contribution in [0.3, 0.4) is 0 Å². The molecule has 0 aromatic heterocycles. The second-order valence-corrected chi connectivity index (χ2v) is 3.67. The van der Waals surface area contributed by atoms with E-state index >= 15 is 0 Å². The van der Waals surface area contributed by atoms with Crippen molar-refractivity contribution >= 4 is 11.9 Å². The predicted molar refractivity (Wildman–Crippen MR) is 44.4 cm³/mol. The minimum Gasteiger partial charge on any atom is -0.477 e. The van der Waals surface area contributed by atoms with Crippen LogP contribution in [-0.4, -0.2) is 53.8 Å². The van der Waals surface area contributed by atoms with Crippen molar-refractivity contribution in [2.75, 3.05) is 7.11 Å². The number of hydrogen-bond donors (Lipinski definition) is 1. The first-order chi connectivity index (χ1) is 9.42. The lowest BCUT2D eigenvalue weighted by atomic mass is 9.94. The first-order valence-corrected chi connectivity index (χ1v) is 4.63. The summed E-state index contributed by atoms with van der Waals surface area (Å²) in [5, 5.41) is 7.68. The Hall–Kier alpha value is -1.76. The van der Waals surface area contributed by atoms with Gasteiger partial charge in [-0.25, -0.2) is 9.59 Å². The Kier molecular flexibility index (Phi) is 4.74. The summed E-state index contributed by atoms with van der Waals surface area (Å²) in [5.74, 6) is -43.4. The molecular formula is C8H4F10O4. The van der Waals surface area contributed by atoms with Crippen molar-refractivity contribution in [1.82, 2.24) is 0 Å². The monoisotopic (exact) mass is 354 g/mol. The van der Waals surface area contributed by atoms with Gasteiger partial charge in [0.25, 0.3) is 0 Å². The van der Waals surface area contributed by atoms with Gasteiger partial charge in [-0.15, -0.1) is 0 Å². The number of carboxylic acid groups (broad SMARTS) is 1. The van der Waals surface area contributed by atoms with E-state index < -0.39 is 41.6 Å². The Morgan fingerprint density at radius 1 is 0.727 bits per heavy atom. The number of aliphatic carboxylic acids is 1. The average Bonchev–Trinajstić information content (AvgIpc) is 2.36. The molecule has 0 unspecified atom stereocenters. The van der Waals surface area contributed by atoms with Crippen molar-refractivity contribution in [3.8, 4) is 0 Å². The number of carbonyl (C=O) groups excluding carboxylic acids is 1. The summed E-state index contributed by atoms with van der Waals surface area (Å²) >= 11 is 0. The molecule has 0 amide bonds. The molecule has 0 saturated heterocycles. The molecule has 0 aliphatic heterocycles. The van der Waals surface area contributed by atoms with E-state index in [4.69, 9.17) is 5.11 Å². The van der Waals surface area contributed by atoms with Gasteiger partial charge in [-0.2, -0.15) is 43.9 Å². The van der Waals surface area contributed by atoms with Gasteiger partial charge in [0.2, 0.25) is 0 Å². The number of esters is 1. The SMILES string of the molecule is COC(=O)C(F)(F)C(F)(F)C(F)(F)C(F)(F)C(F)(F)C(=O)O. The lowest BCUT2D eigenvalue weighted by Crippen LogP contribution is -2.70. The van der Waals surface area contributed by atoms with E-state index in [9.17, 15) is 53.5 Å². The van der Waals surface area contributed by atoms with Crippen LogP contribution in [-0.2, 0) is 14.3 Å². The first-order valence-electron chi connectivity index (χ1n) is 4.63. The van der Waals surface area contributed by atoms with Crippen LogP contribution in [0.2, 0.25) is 0 Å². The van der Waals surface area contributed by atoms with E-state index in [1.54, 1.807) is 0 Å². The molecule has 0 aliphatic carbocycles. The van der Waals surface area contributed by atoms with Crippen molar-refractivity contribution in [3.63, 3.8) is 0 Å². The standard InChI is InChI=1S/C8H4F10O4/c1-22-3(21)5(11,12)7(15,16)8(17,18)6(13,14)4(9,10)2(19)20/h1H3,(H,19,20). The number of rotatable bonds is 6. The molecule has 0 aromatic carbocycles. The highest BCUT2D eigenvalue weighted by molar-refractivity contribution is 5.80. The predicted octanol–water partition coefficient (Wildman–Crippen LogP) is 2.42. The van der Waals surface area contributed by atoms with E-state index in [-0.39, 0.29) is 7.11 Å². The summed E-state index contributed by atoms with van der Waals surface area (Å²) in [7, 11) is -0.00549. The molecule has 0 fully saturated rings. The van der Waals surface area contributed by atoms with Gasteiger partial charge < -0.3 is 9.84 Å². The van der Waals surface area contributed by atoms with E-state index in [0.717, 1.165) is 0 Å². The van der Waals surface area contributed by atoms with Gasteiger partial charge in [-0.3, -0.25) is 0 Å². The molecule has 0 aromatic rings. The molecule has 0 aliphatic rings. The Bertz CT molecular complexity index is 472. The average molecular weight is 354 g/mol. The number of hydrogen-bond acceptors (Lipinski definition) is 3. The second-order valence-electron chi connectivity index (χ2n) is 3.67. The highest BCUT2D eigenvalue weighted by Gasteiger charge is 2.89. The fourth-order valence-corrected chi connectivity index (χ4v) is 0.982. The fourth-order valence-electron chi connectivity index (χ4n) is 0.982. The Labute approximate surface area is 113 Å². The van der Waals surface area contributed by atoms with Crippen LogP contribution < -0.4 is 0 Å². The van der Waals surface area contributed by atoms with Gasteiger partial charge >= 0.3 is 41.6 Å². The van der Waals surface area contributed by atoms with E-state index in [0.29, 0.717) is 0 Å². The lowest BCUT2D eigenvalue weighted by Gasteiger charge is -2.37. The minimum atomic E-state index is -7.63. The third kappa shape index (κ3) is 2.33. The maximum Gasteiger partial charge on any atom is 0.410 e. The number of halogens is 10. The molecule has 0 spiro atoms. The summed E-state index contributed by atoms with van der Waals surface area (Å²) in [6, 6.07) is 0. The Balaban J connectivity index is 6.22. The van der Waals surface area contributed by atoms with Gasteiger partial charge in [0.1, 0.15) is 0 Å². The summed E-state index contributed by atoms with van der Waals surface area (Å²) in [4.78, 5) is 20.1. The zero-order valence-corrected chi connectivity index (χ0v) is 9.95. The lowest BCUT2D eigenvalue weighted by molar-refractivity contribution is -0.391. The molecule has 0 atom stereocenters. The van der Waals surface area contributed by atoms with Crippen molar-refractivity contribution < 1.29 is 63.3 Å². The first kappa shape index (κ1) is 20.2. The van der Waals surface area contributed by atoms with Gasteiger partial charge in [-0.1, -0.05) is 0 Å². The quantitative estimate of drug-likeness (QED) is 0.588. The molecule has 0 radical (unpaired) electrons. The van der Waals surface area contributed by atoms with Crippen LogP contribution >= 0.6 is 0 Å². The number of carboxylic acids is 1. The molecular weight excluding hydrogens is 350 g/mol. The summed E-state index contributed by atoms with van der Waals surface area (Å²) in [6.07, 6.45) is 0. The molecule has 0 bridgehead atoms. The smallest absolute Gasteiger partial charge is 0.410 e. The van der Waals surface area contributed by atoms with Crippen LogP contribution in [0.1, 0.15) is 0 Å².